The van der Waals surface area contributed by atoms with Crippen molar-refractivity contribution in [2.24, 2.45) is 7.05 Å². The van der Waals surface area contributed by atoms with Crippen LogP contribution in [0.25, 0.3) is 11.0 Å². The number of piperidine rings is 1. The molecule has 3 heterocycles. The fraction of sp³-hybridized carbons (Fsp3) is 0.333. The Morgan fingerprint density at radius 3 is 2.77 bits per heavy atom. The van der Waals surface area contributed by atoms with Crippen LogP contribution < -0.4 is 10.2 Å². The Balaban J connectivity index is 1.39. The lowest BCUT2D eigenvalue weighted by Crippen LogP contribution is -2.45. The molecule has 7 nitrogen and oxygen atoms in total. The number of hydrogen-bond donors (Lipinski definition) is 1. The van der Waals surface area contributed by atoms with E-state index in [-0.39, 0.29) is 11.9 Å². The molecule has 0 bridgehead atoms. The van der Waals surface area contributed by atoms with E-state index in [2.05, 4.69) is 25.3 Å². The van der Waals surface area contributed by atoms with Crippen molar-refractivity contribution in [3.8, 4) is 0 Å². The Morgan fingerprint density at radius 2 is 2.04 bits per heavy atom. The zero-order chi connectivity index (χ0) is 18.1. The van der Waals surface area contributed by atoms with Crippen molar-refractivity contribution in [1.82, 2.24) is 25.1 Å². The molecule has 0 aliphatic carbocycles. The van der Waals surface area contributed by atoms with Crippen molar-refractivity contribution in [3.05, 3.63) is 47.4 Å². The van der Waals surface area contributed by atoms with Gasteiger partial charge in [0.1, 0.15) is 5.82 Å². The third-order valence-corrected chi connectivity index (χ3v) is 4.85. The number of rotatable bonds is 3. The molecule has 1 fully saturated rings. The van der Waals surface area contributed by atoms with Gasteiger partial charge in [-0.2, -0.15) is 5.10 Å². The quantitative estimate of drug-likeness (QED) is 0.766. The van der Waals surface area contributed by atoms with Crippen LogP contribution in [-0.4, -0.2) is 44.8 Å². The third-order valence-electron chi connectivity index (χ3n) is 4.61. The van der Waals surface area contributed by atoms with E-state index >= 15 is 0 Å². The smallest absolute Gasteiger partial charge is 0.254 e. The number of aryl methyl sites for hydroxylation is 1. The minimum absolute atomic E-state index is 0.0704. The number of benzene rings is 1. The number of amides is 1. The molecule has 0 unspecified atom stereocenters. The summed E-state index contributed by atoms with van der Waals surface area (Å²) >= 11 is 5.99. The second-order valence-corrected chi connectivity index (χ2v) is 6.94. The highest BCUT2D eigenvalue weighted by Gasteiger charge is 2.22. The molecular weight excluding hydrogens is 352 g/mol. The predicted octanol–water partition coefficient (Wildman–Crippen LogP) is 2.42. The van der Waals surface area contributed by atoms with Gasteiger partial charge in [0.25, 0.3) is 5.91 Å². The number of aromatic nitrogens is 4. The number of nitrogens with one attached hydrogen (secondary N) is 1. The van der Waals surface area contributed by atoms with Gasteiger partial charge in [-0.25, -0.2) is 4.98 Å². The lowest BCUT2D eigenvalue weighted by Gasteiger charge is -2.33. The van der Waals surface area contributed by atoms with E-state index in [1.807, 2.05) is 18.2 Å². The van der Waals surface area contributed by atoms with Crippen LogP contribution in [-0.2, 0) is 7.05 Å². The monoisotopic (exact) mass is 370 g/mol. The maximum absolute atomic E-state index is 12.2. The average molecular weight is 371 g/mol. The van der Waals surface area contributed by atoms with Gasteiger partial charge in [0, 0.05) is 37.4 Å². The molecule has 0 saturated carbocycles. The summed E-state index contributed by atoms with van der Waals surface area (Å²) in [5, 5.41) is 7.78. The van der Waals surface area contributed by atoms with Crippen LogP contribution >= 0.6 is 11.6 Å². The van der Waals surface area contributed by atoms with Gasteiger partial charge in [-0.15, -0.1) is 0 Å². The van der Waals surface area contributed by atoms with E-state index in [1.54, 1.807) is 30.3 Å². The molecule has 1 aliphatic heterocycles. The second kappa shape index (κ2) is 6.92. The molecule has 1 saturated heterocycles. The number of hydrogen-bond acceptors (Lipinski definition) is 5. The van der Waals surface area contributed by atoms with E-state index in [1.165, 1.54) is 0 Å². The number of anilines is 1. The minimum Gasteiger partial charge on any atom is -0.355 e. The van der Waals surface area contributed by atoms with E-state index in [9.17, 15) is 4.79 Å². The first-order valence-electron chi connectivity index (χ1n) is 8.55. The highest BCUT2D eigenvalue weighted by atomic mass is 35.5. The lowest BCUT2D eigenvalue weighted by atomic mass is 10.0. The average Bonchev–Trinajstić information content (AvgIpc) is 3.08. The van der Waals surface area contributed by atoms with Crippen LogP contribution in [0.4, 0.5) is 5.82 Å². The van der Waals surface area contributed by atoms with Crippen LogP contribution in [0.1, 0.15) is 23.2 Å². The van der Waals surface area contributed by atoms with E-state index in [0.717, 1.165) is 42.8 Å². The molecule has 0 radical (unpaired) electrons. The van der Waals surface area contributed by atoms with Gasteiger partial charge in [-0.05, 0) is 31.0 Å². The minimum atomic E-state index is -0.0704. The van der Waals surface area contributed by atoms with E-state index in [0.29, 0.717) is 10.6 Å². The maximum Gasteiger partial charge on any atom is 0.254 e. The predicted molar refractivity (Wildman–Crippen MR) is 100 cm³/mol. The van der Waals surface area contributed by atoms with Crippen LogP contribution in [0, 0.1) is 0 Å². The first kappa shape index (κ1) is 16.8. The maximum atomic E-state index is 12.2. The Bertz CT molecular complexity index is 948. The highest BCUT2D eigenvalue weighted by Crippen LogP contribution is 2.22. The van der Waals surface area contributed by atoms with Crippen molar-refractivity contribution in [2.75, 3.05) is 18.0 Å². The first-order valence-corrected chi connectivity index (χ1v) is 8.93. The van der Waals surface area contributed by atoms with Crippen LogP contribution in [0.15, 0.2) is 36.8 Å². The van der Waals surface area contributed by atoms with Gasteiger partial charge < -0.3 is 10.2 Å². The van der Waals surface area contributed by atoms with E-state index in [4.69, 9.17) is 11.6 Å². The Morgan fingerprint density at radius 1 is 1.23 bits per heavy atom. The Hall–Kier alpha value is -2.67. The molecule has 134 valence electrons. The summed E-state index contributed by atoms with van der Waals surface area (Å²) in [5.74, 6) is 0.788. The van der Waals surface area contributed by atoms with Gasteiger partial charge in [-0.3, -0.25) is 14.5 Å². The number of carbonyl (C=O) groups is 1. The summed E-state index contributed by atoms with van der Waals surface area (Å²) in [5.41, 5.74) is 2.22. The third kappa shape index (κ3) is 3.48. The molecule has 1 N–H and O–H groups in total. The fourth-order valence-electron chi connectivity index (χ4n) is 3.19. The van der Waals surface area contributed by atoms with Crippen LogP contribution in [0.5, 0.6) is 0 Å². The van der Waals surface area contributed by atoms with Crippen molar-refractivity contribution in [2.45, 2.75) is 18.9 Å². The summed E-state index contributed by atoms with van der Waals surface area (Å²) in [6, 6.07) is 5.68. The molecule has 0 atom stereocenters. The summed E-state index contributed by atoms with van der Waals surface area (Å²) < 4.78 is 1.63. The Labute approximate surface area is 156 Å². The molecule has 1 amide bonds. The number of fused-ring (bicyclic) bond motifs is 1. The second-order valence-electron chi connectivity index (χ2n) is 6.50. The summed E-state index contributed by atoms with van der Waals surface area (Å²) in [4.78, 5) is 23.6. The van der Waals surface area contributed by atoms with Crippen molar-refractivity contribution >= 4 is 34.4 Å². The molecule has 2 aromatic heterocycles. The SMILES string of the molecule is Cn1cc(C(=O)NC2CCN(c3cnc4cc(Cl)ccc4n3)CC2)cn1. The number of nitrogens with zero attached hydrogens (tertiary/aromatic N) is 5. The number of halogens is 1. The molecular formula is C18H19ClN6O. The largest absolute Gasteiger partial charge is 0.355 e. The molecule has 8 heteroatoms. The zero-order valence-electron chi connectivity index (χ0n) is 14.4. The normalized spacial score (nSPS) is 15.4. The fourth-order valence-corrected chi connectivity index (χ4v) is 3.35. The standard InChI is InChI=1S/C18H19ClN6O/c1-24-11-12(9-21-24)18(26)22-14-4-6-25(7-5-14)17-10-20-16-8-13(19)2-3-15(16)23-17/h2-3,8-11,14H,4-7H2,1H3,(H,22,26). The van der Waals surface area contributed by atoms with Gasteiger partial charge in [0.15, 0.2) is 0 Å². The zero-order valence-corrected chi connectivity index (χ0v) is 15.1. The summed E-state index contributed by atoms with van der Waals surface area (Å²) in [6.07, 6.45) is 6.83. The summed E-state index contributed by atoms with van der Waals surface area (Å²) in [7, 11) is 1.80. The molecule has 1 aromatic carbocycles. The molecule has 3 aromatic rings. The van der Waals surface area contributed by atoms with E-state index < -0.39 is 0 Å². The van der Waals surface area contributed by atoms with Crippen molar-refractivity contribution in [1.29, 1.82) is 0 Å². The first-order chi connectivity index (χ1) is 12.6. The highest BCUT2D eigenvalue weighted by molar-refractivity contribution is 6.31. The number of carbonyl (C=O) groups excluding carboxylic acids is 1. The van der Waals surface area contributed by atoms with Gasteiger partial charge in [0.2, 0.25) is 0 Å². The summed E-state index contributed by atoms with van der Waals surface area (Å²) in [6.45, 7) is 1.65. The van der Waals surface area contributed by atoms with Crippen LogP contribution in [0.2, 0.25) is 5.02 Å². The van der Waals surface area contributed by atoms with Crippen LogP contribution in [0.3, 0.4) is 0 Å². The van der Waals surface area contributed by atoms with Gasteiger partial charge in [0.05, 0.1) is 29.0 Å². The Kier molecular flexibility index (Phi) is 4.46. The van der Waals surface area contributed by atoms with Gasteiger partial charge in [-0.1, -0.05) is 11.6 Å². The molecule has 1 aliphatic rings. The lowest BCUT2D eigenvalue weighted by molar-refractivity contribution is 0.0931. The molecule has 4 rings (SSSR count). The molecule has 0 spiro atoms. The van der Waals surface area contributed by atoms with Crippen molar-refractivity contribution < 1.29 is 4.79 Å². The van der Waals surface area contributed by atoms with Crippen molar-refractivity contribution in [3.63, 3.8) is 0 Å². The van der Waals surface area contributed by atoms with Gasteiger partial charge >= 0.3 is 0 Å². The molecule has 26 heavy (non-hydrogen) atoms. The topological polar surface area (TPSA) is 75.9 Å².